The van der Waals surface area contributed by atoms with Crippen LogP contribution in [0.5, 0.6) is 0 Å². The molecule has 1 aromatic heterocycles. The molecule has 1 N–H and O–H groups in total. The van der Waals surface area contributed by atoms with Gasteiger partial charge in [-0.05, 0) is 50.5 Å². The van der Waals surface area contributed by atoms with Crippen LogP contribution in [0.1, 0.15) is 22.5 Å². The Balaban J connectivity index is 1.70. The van der Waals surface area contributed by atoms with Crippen LogP contribution in [0.15, 0.2) is 30.3 Å². The fourth-order valence-corrected chi connectivity index (χ4v) is 3.47. The summed E-state index contributed by atoms with van der Waals surface area (Å²) < 4.78 is 1.18. The van der Waals surface area contributed by atoms with Gasteiger partial charge in [0, 0.05) is 10.7 Å². The molecule has 100 valence electrons. The number of benzene rings is 1. The Kier molecular flexibility index (Phi) is 3.53. The topological polar surface area (TPSA) is 32.3 Å². The molecule has 0 aliphatic carbocycles. The van der Waals surface area contributed by atoms with Crippen molar-refractivity contribution in [3.63, 3.8) is 0 Å². The molecule has 0 spiro atoms. The predicted molar refractivity (Wildman–Crippen MR) is 79.8 cm³/mol. The largest absolute Gasteiger partial charge is 0.349 e. The lowest BCUT2D eigenvalue weighted by Crippen LogP contribution is -2.43. The summed E-state index contributed by atoms with van der Waals surface area (Å²) >= 11 is 1.57. The molecule has 0 saturated carbocycles. The molecule has 19 heavy (non-hydrogen) atoms. The van der Waals surface area contributed by atoms with Gasteiger partial charge in [0.1, 0.15) is 0 Å². The monoisotopic (exact) mass is 274 g/mol. The molecule has 0 unspecified atom stereocenters. The minimum atomic E-state index is 0.0794. The highest BCUT2D eigenvalue weighted by Gasteiger charge is 2.19. The molecule has 1 aromatic carbocycles. The second-order valence-electron chi connectivity index (χ2n) is 5.20. The van der Waals surface area contributed by atoms with Gasteiger partial charge in [0.15, 0.2) is 0 Å². The lowest BCUT2D eigenvalue weighted by atomic mass is 10.1. The van der Waals surface area contributed by atoms with E-state index >= 15 is 0 Å². The number of thiophene rings is 1. The average molecular weight is 274 g/mol. The summed E-state index contributed by atoms with van der Waals surface area (Å²) in [7, 11) is 2.13. The van der Waals surface area contributed by atoms with Gasteiger partial charge in [0.05, 0.1) is 4.88 Å². The summed E-state index contributed by atoms with van der Waals surface area (Å²) in [6, 6.07) is 10.5. The maximum atomic E-state index is 12.2. The van der Waals surface area contributed by atoms with Crippen molar-refractivity contribution < 1.29 is 4.79 Å². The summed E-state index contributed by atoms with van der Waals surface area (Å²) in [5, 5.41) is 4.32. The van der Waals surface area contributed by atoms with E-state index in [9.17, 15) is 4.79 Å². The van der Waals surface area contributed by atoms with Crippen molar-refractivity contribution in [2.75, 3.05) is 20.1 Å². The van der Waals surface area contributed by atoms with Gasteiger partial charge in [0.25, 0.3) is 5.91 Å². The minimum Gasteiger partial charge on any atom is -0.349 e. The van der Waals surface area contributed by atoms with Crippen LogP contribution in [0.25, 0.3) is 10.1 Å². The Bertz CT molecular complexity index is 552. The standard InChI is InChI=1S/C15H18N2OS/c1-17-8-6-12(7-9-17)16-15(18)14-10-11-4-2-3-5-13(11)19-14/h2-5,10,12H,6-9H2,1H3,(H,16,18). The number of piperidine rings is 1. The zero-order valence-corrected chi connectivity index (χ0v) is 11.9. The first-order valence-electron chi connectivity index (χ1n) is 6.70. The van der Waals surface area contributed by atoms with Crippen molar-refractivity contribution >= 4 is 27.3 Å². The van der Waals surface area contributed by atoms with E-state index in [0.717, 1.165) is 36.2 Å². The van der Waals surface area contributed by atoms with Crippen LogP contribution in [0.2, 0.25) is 0 Å². The van der Waals surface area contributed by atoms with Gasteiger partial charge >= 0.3 is 0 Å². The summed E-state index contributed by atoms with van der Waals surface area (Å²) in [4.78, 5) is 15.4. The van der Waals surface area contributed by atoms with Crippen molar-refractivity contribution in [3.05, 3.63) is 35.2 Å². The van der Waals surface area contributed by atoms with E-state index in [2.05, 4.69) is 29.4 Å². The van der Waals surface area contributed by atoms with Crippen molar-refractivity contribution in [2.24, 2.45) is 0 Å². The maximum Gasteiger partial charge on any atom is 0.261 e. The number of hydrogen-bond donors (Lipinski definition) is 1. The fourth-order valence-electron chi connectivity index (χ4n) is 2.50. The van der Waals surface area contributed by atoms with Gasteiger partial charge < -0.3 is 10.2 Å². The molecule has 1 aliphatic rings. The van der Waals surface area contributed by atoms with Gasteiger partial charge in [-0.3, -0.25) is 4.79 Å². The van der Waals surface area contributed by atoms with Crippen molar-refractivity contribution in [3.8, 4) is 0 Å². The van der Waals surface area contributed by atoms with Crippen molar-refractivity contribution in [1.82, 2.24) is 10.2 Å². The van der Waals surface area contributed by atoms with Crippen LogP contribution in [-0.2, 0) is 0 Å². The van der Waals surface area contributed by atoms with E-state index in [1.807, 2.05) is 18.2 Å². The number of nitrogens with one attached hydrogen (secondary N) is 1. The summed E-state index contributed by atoms with van der Waals surface area (Å²) in [5.41, 5.74) is 0. The molecule has 1 amide bonds. The summed E-state index contributed by atoms with van der Waals surface area (Å²) in [6.07, 6.45) is 2.10. The van der Waals surface area contributed by atoms with E-state index in [1.54, 1.807) is 11.3 Å². The van der Waals surface area contributed by atoms with Crippen LogP contribution >= 0.6 is 11.3 Å². The molecule has 0 radical (unpaired) electrons. The van der Waals surface area contributed by atoms with E-state index in [-0.39, 0.29) is 5.91 Å². The van der Waals surface area contributed by atoms with Crippen molar-refractivity contribution in [1.29, 1.82) is 0 Å². The molecular formula is C15H18N2OS. The molecule has 1 fully saturated rings. The second kappa shape index (κ2) is 5.31. The first-order chi connectivity index (χ1) is 9.22. The molecular weight excluding hydrogens is 256 g/mol. The Morgan fingerprint density at radius 2 is 2.05 bits per heavy atom. The first kappa shape index (κ1) is 12.6. The molecule has 0 atom stereocenters. The van der Waals surface area contributed by atoms with Gasteiger partial charge in [-0.25, -0.2) is 0 Å². The van der Waals surface area contributed by atoms with Gasteiger partial charge in [-0.1, -0.05) is 18.2 Å². The Morgan fingerprint density at radius 1 is 1.32 bits per heavy atom. The molecule has 4 heteroatoms. The van der Waals surface area contributed by atoms with Crippen LogP contribution in [-0.4, -0.2) is 37.0 Å². The Labute approximate surface area is 117 Å². The third kappa shape index (κ3) is 2.80. The molecule has 0 bridgehead atoms. The van der Waals surface area contributed by atoms with E-state index < -0.39 is 0 Å². The van der Waals surface area contributed by atoms with E-state index in [4.69, 9.17) is 0 Å². The van der Waals surface area contributed by atoms with E-state index in [0.29, 0.717) is 6.04 Å². The van der Waals surface area contributed by atoms with E-state index in [1.165, 1.54) is 4.70 Å². The molecule has 3 nitrogen and oxygen atoms in total. The predicted octanol–water partition coefficient (Wildman–Crippen LogP) is 2.73. The second-order valence-corrected chi connectivity index (χ2v) is 6.28. The molecule has 3 rings (SSSR count). The lowest BCUT2D eigenvalue weighted by molar-refractivity contribution is 0.0921. The number of rotatable bonds is 2. The fraction of sp³-hybridized carbons (Fsp3) is 0.400. The molecule has 2 heterocycles. The maximum absolute atomic E-state index is 12.2. The lowest BCUT2D eigenvalue weighted by Gasteiger charge is -2.29. The molecule has 2 aromatic rings. The number of likely N-dealkylation sites (tertiary alicyclic amines) is 1. The number of carbonyl (C=O) groups is 1. The highest BCUT2D eigenvalue weighted by molar-refractivity contribution is 7.20. The van der Waals surface area contributed by atoms with Gasteiger partial charge in [0.2, 0.25) is 0 Å². The quantitative estimate of drug-likeness (QED) is 0.913. The number of carbonyl (C=O) groups excluding carboxylic acids is 1. The zero-order chi connectivity index (χ0) is 13.2. The van der Waals surface area contributed by atoms with Crippen LogP contribution < -0.4 is 5.32 Å². The van der Waals surface area contributed by atoms with Gasteiger partial charge in [-0.15, -0.1) is 11.3 Å². The average Bonchev–Trinajstić information content (AvgIpc) is 2.85. The van der Waals surface area contributed by atoms with Gasteiger partial charge in [-0.2, -0.15) is 0 Å². The molecule has 1 aliphatic heterocycles. The number of nitrogens with zero attached hydrogens (tertiary/aromatic N) is 1. The normalized spacial score (nSPS) is 17.7. The van der Waals surface area contributed by atoms with Crippen LogP contribution in [0, 0.1) is 0 Å². The number of amides is 1. The SMILES string of the molecule is CN1CCC(NC(=O)c2cc3ccccc3s2)CC1. The van der Waals surface area contributed by atoms with Crippen LogP contribution in [0.4, 0.5) is 0 Å². The Morgan fingerprint density at radius 3 is 2.79 bits per heavy atom. The molecule has 1 saturated heterocycles. The smallest absolute Gasteiger partial charge is 0.261 e. The van der Waals surface area contributed by atoms with Crippen LogP contribution in [0.3, 0.4) is 0 Å². The Hall–Kier alpha value is -1.39. The summed E-state index contributed by atoms with van der Waals surface area (Å²) in [6.45, 7) is 2.13. The van der Waals surface area contributed by atoms with Crippen molar-refractivity contribution in [2.45, 2.75) is 18.9 Å². The zero-order valence-electron chi connectivity index (χ0n) is 11.1. The third-order valence-corrected chi connectivity index (χ3v) is 4.82. The highest BCUT2D eigenvalue weighted by Crippen LogP contribution is 2.25. The number of fused-ring (bicyclic) bond motifs is 1. The summed E-state index contributed by atoms with van der Waals surface area (Å²) in [5.74, 6) is 0.0794. The highest BCUT2D eigenvalue weighted by atomic mass is 32.1. The minimum absolute atomic E-state index is 0.0794. The number of hydrogen-bond acceptors (Lipinski definition) is 3. The third-order valence-electron chi connectivity index (χ3n) is 3.70. The first-order valence-corrected chi connectivity index (χ1v) is 7.52.